The Labute approximate surface area is 200 Å². The summed E-state index contributed by atoms with van der Waals surface area (Å²) in [5.41, 5.74) is 7.75. The monoisotopic (exact) mass is 440 g/mol. The number of benzene rings is 5. The molecule has 0 atom stereocenters. The predicted octanol–water partition coefficient (Wildman–Crippen LogP) is 7.40. The Balaban J connectivity index is 1.55. The van der Waals surface area contributed by atoms with Gasteiger partial charge in [-0.3, -0.25) is 0 Å². The van der Waals surface area contributed by atoms with Gasteiger partial charge in [-0.05, 0) is 58.7 Å². The van der Waals surface area contributed by atoms with Crippen molar-refractivity contribution in [1.82, 2.24) is 0 Å². The van der Waals surface area contributed by atoms with Gasteiger partial charge in [0.05, 0.1) is 0 Å². The number of hydrogen-bond donors (Lipinski definition) is 1. The molecule has 0 bridgehead atoms. The molecule has 0 saturated heterocycles. The molecule has 0 aliphatic heterocycles. The maximum Gasteiger partial charge on any atom is 0.569 e. The first kappa shape index (κ1) is 21.6. The second-order valence-electron chi connectivity index (χ2n) is 7.85. The molecule has 0 spiro atoms. The van der Waals surface area contributed by atoms with E-state index < -0.39 is 0 Å². The highest BCUT2D eigenvalue weighted by atomic mass is 16.5. The molecule has 163 valence electrons. The number of rotatable bonds is 7. The van der Waals surface area contributed by atoms with Crippen molar-refractivity contribution < 1.29 is 9.68 Å². The minimum absolute atomic E-state index is 0.564. The van der Waals surface area contributed by atoms with Crippen LogP contribution in [0.2, 0.25) is 0 Å². The average Bonchev–Trinajstić information content (AvgIpc) is 2.91. The normalized spacial score (nSPS) is 10.5. The summed E-state index contributed by atoms with van der Waals surface area (Å²) in [6, 6.07) is 45.4. The van der Waals surface area contributed by atoms with Gasteiger partial charge in [0.1, 0.15) is 5.75 Å². The van der Waals surface area contributed by atoms with E-state index in [0.29, 0.717) is 13.4 Å². The zero-order chi connectivity index (χ0) is 23.2. The van der Waals surface area contributed by atoms with Crippen molar-refractivity contribution in [3.05, 3.63) is 133 Å². The lowest BCUT2D eigenvalue weighted by atomic mass is 9.94. The molecule has 1 radical (unpaired) electrons. The third-order valence-electron chi connectivity index (χ3n) is 5.73. The van der Waals surface area contributed by atoms with Crippen molar-refractivity contribution in [3.8, 4) is 28.0 Å². The van der Waals surface area contributed by atoms with Crippen LogP contribution in [-0.4, -0.2) is 12.7 Å². The van der Waals surface area contributed by atoms with Crippen molar-refractivity contribution in [2.24, 2.45) is 0 Å². The van der Waals surface area contributed by atoms with E-state index in [1.165, 1.54) is 16.7 Å². The zero-order valence-electron chi connectivity index (χ0n) is 18.6. The molecule has 5 rings (SSSR count). The summed E-state index contributed by atoms with van der Waals surface area (Å²) in [4.78, 5) is 2.16. The molecule has 5 aromatic rings. The van der Waals surface area contributed by atoms with Crippen LogP contribution >= 0.6 is 0 Å². The van der Waals surface area contributed by atoms with E-state index in [1.807, 2.05) is 48.5 Å². The largest absolute Gasteiger partial charge is 0.569 e. The molecule has 0 heterocycles. The minimum Gasteiger partial charge on any atom is -0.537 e. The molecule has 0 aliphatic carbocycles. The van der Waals surface area contributed by atoms with E-state index in [1.54, 1.807) is 0 Å². The second-order valence-corrected chi connectivity index (χ2v) is 7.85. The van der Waals surface area contributed by atoms with E-state index >= 15 is 0 Å². The van der Waals surface area contributed by atoms with Gasteiger partial charge < -0.3 is 14.6 Å². The van der Waals surface area contributed by atoms with E-state index in [0.717, 1.165) is 22.6 Å². The Morgan fingerprint density at radius 2 is 1.03 bits per heavy atom. The molecule has 0 aromatic heterocycles. The maximum atomic E-state index is 9.07. The minimum atomic E-state index is 0.564. The first-order valence-corrected chi connectivity index (χ1v) is 11.2. The second kappa shape index (κ2) is 10.1. The topological polar surface area (TPSA) is 32.7 Å². The van der Waals surface area contributed by atoms with E-state index in [9.17, 15) is 0 Å². The lowest BCUT2D eigenvalue weighted by Gasteiger charge is -2.26. The predicted molar refractivity (Wildman–Crippen MR) is 141 cm³/mol. The Bertz CT molecular complexity index is 1360. The first-order valence-electron chi connectivity index (χ1n) is 11.2. The Kier molecular flexibility index (Phi) is 6.41. The number of para-hydroxylation sites is 1. The van der Waals surface area contributed by atoms with Crippen LogP contribution in [0.3, 0.4) is 0 Å². The van der Waals surface area contributed by atoms with Gasteiger partial charge in [0.25, 0.3) is 0 Å². The smallest absolute Gasteiger partial charge is 0.537 e. The quantitative estimate of drug-likeness (QED) is 0.268. The molecule has 0 fully saturated rings. The molecule has 0 aliphatic rings. The third kappa shape index (κ3) is 4.58. The van der Waals surface area contributed by atoms with Gasteiger partial charge in [0, 0.05) is 23.1 Å². The summed E-state index contributed by atoms with van der Waals surface area (Å²) in [5, 5.41) is 9.07. The number of hydrogen-bond acceptors (Lipinski definition) is 3. The first-order chi connectivity index (χ1) is 16.8. The summed E-state index contributed by atoms with van der Waals surface area (Å²) >= 11 is 0. The number of nitrogens with zero attached hydrogens (tertiary/aromatic N) is 1. The zero-order valence-corrected chi connectivity index (χ0v) is 18.6. The fourth-order valence-corrected chi connectivity index (χ4v) is 4.18. The van der Waals surface area contributed by atoms with Gasteiger partial charge in [0.15, 0.2) is 0 Å². The van der Waals surface area contributed by atoms with Crippen LogP contribution in [0.5, 0.6) is 5.75 Å². The van der Waals surface area contributed by atoms with Crippen LogP contribution in [0.25, 0.3) is 22.3 Å². The lowest BCUT2D eigenvalue weighted by Crippen LogP contribution is -2.10. The highest BCUT2D eigenvalue weighted by molar-refractivity contribution is 6.17. The van der Waals surface area contributed by atoms with Gasteiger partial charge in [0.2, 0.25) is 0 Å². The molecule has 0 unspecified atom stereocenters. The standard InChI is InChI=1S/C30H23BNO2/c33-31-34-28-15-9-14-27(22-28)32(25-12-5-2-6-13-25)26-20-18-24(19-21-26)30-17-8-7-16-29(30)23-10-3-1-4-11-23/h1-22,33H. The molecule has 34 heavy (non-hydrogen) atoms. The summed E-state index contributed by atoms with van der Waals surface area (Å²) < 4.78 is 5.20. The lowest BCUT2D eigenvalue weighted by molar-refractivity contribution is 0.454. The summed E-state index contributed by atoms with van der Waals surface area (Å²) in [6.45, 7) is 0. The fourth-order valence-electron chi connectivity index (χ4n) is 4.18. The van der Waals surface area contributed by atoms with Crippen LogP contribution in [0.1, 0.15) is 0 Å². The van der Waals surface area contributed by atoms with Gasteiger partial charge in [-0.25, -0.2) is 0 Å². The van der Waals surface area contributed by atoms with Crippen molar-refractivity contribution in [2.45, 2.75) is 0 Å². The van der Waals surface area contributed by atoms with Crippen LogP contribution in [-0.2, 0) is 0 Å². The highest BCUT2D eigenvalue weighted by Crippen LogP contribution is 2.38. The molecule has 4 heteroatoms. The van der Waals surface area contributed by atoms with Crippen molar-refractivity contribution in [2.75, 3.05) is 4.90 Å². The average molecular weight is 440 g/mol. The summed E-state index contributed by atoms with van der Waals surface area (Å²) in [6.07, 6.45) is 0. The summed E-state index contributed by atoms with van der Waals surface area (Å²) in [7, 11) is 0.699. The van der Waals surface area contributed by atoms with Gasteiger partial charge in [-0.1, -0.05) is 91.0 Å². The van der Waals surface area contributed by atoms with E-state index in [4.69, 9.17) is 9.68 Å². The van der Waals surface area contributed by atoms with E-state index in [2.05, 4.69) is 89.8 Å². The highest BCUT2D eigenvalue weighted by Gasteiger charge is 2.14. The molecule has 5 aromatic carbocycles. The van der Waals surface area contributed by atoms with Crippen LogP contribution in [0.15, 0.2) is 133 Å². The molecular formula is C30H23BNO2. The van der Waals surface area contributed by atoms with Crippen LogP contribution < -0.4 is 9.55 Å². The Morgan fingerprint density at radius 1 is 0.500 bits per heavy atom. The molecule has 0 amide bonds. The third-order valence-corrected chi connectivity index (χ3v) is 5.73. The SMILES string of the molecule is O[B]Oc1cccc(N(c2ccccc2)c2ccc(-c3ccccc3-c3ccccc3)cc2)c1. The number of anilines is 3. The Morgan fingerprint density at radius 3 is 1.68 bits per heavy atom. The van der Waals surface area contributed by atoms with Crippen LogP contribution in [0.4, 0.5) is 17.1 Å². The van der Waals surface area contributed by atoms with Crippen molar-refractivity contribution in [3.63, 3.8) is 0 Å². The molecular weight excluding hydrogens is 417 g/mol. The maximum absolute atomic E-state index is 9.07. The molecule has 0 saturated carbocycles. The van der Waals surface area contributed by atoms with Crippen LogP contribution in [0, 0.1) is 0 Å². The molecule has 1 N–H and O–H groups in total. The fraction of sp³-hybridized carbons (Fsp3) is 0. The van der Waals surface area contributed by atoms with Crippen molar-refractivity contribution >= 4 is 24.7 Å². The summed E-state index contributed by atoms with van der Waals surface area (Å²) in [5.74, 6) is 0.564. The molecule has 3 nitrogen and oxygen atoms in total. The van der Waals surface area contributed by atoms with Crippen molar-refractivity contribution in [1.29, 1.82) is 0 Å². The Hall–Kier alpha value is -4.28. The van der Waals surface area contributed by atoms with E-state index in [-0.39, 0.29) is 0 Å². The van der Waals surface area contributed by atoms with Gasteiger partial charge in [-0.2, -0.15) is 0 Å². The van der Waals surface area contributed by atoms with Gasteiger partial charge >= 0.3 is 7.69 Å². The van der Waals surface area contributed by atoms with Gasteiger partial charge in [-0.15, -0.1) is 0 Å².